The highest BCUT2D eigenvalue weighted by molar-refractivity contribution is 6.91. The lowest BCUT2D eigenvalue weighted by atomic mass is 10.2. The molecule has 0 unspecified atom stereocenters. The average molecular weight is 192 g/mol. The Kier molecular flexibility index (Phi) is 17.1. The molecule has 0 N–H and O–H groups in total. The highest BCUT2D eigenvalue weighted by Gasteiger charge is 1.80. The van der Waals surface area contributed by atoms with Crippen LogP contribution in [0, 0.1) is 0 Å². The van der Waals surface area contributed by atoms with E-state index in [2.05, 4.69) is 13.8 Å². The van der Waals surface area contributed by atoms with Gasteiger partial charge in [-0.3, -0.25) is 0 Å². The van der Waals surface area contributed by atoms with Crippen molar-refractivity contribution in [1.82, 2.24) is 4.81 Å². The molecule has 1 nitrogen and oxygen atoms in total. The summed E-state index contributed by atoms with van der Waals surface area (Å²) in [7, 11) is 3.85. The molecule has 12 heavy (non-hydrogen) atoms. The molecule has 0 aromatic carbocycles. The Balaban J connectivity index is 0. The molecule has 0 aromatic heterocycles. The third-order valence-electron chi connectivity index (χ3n) is 1.45. The maximum Gasteiger partial charge on any atom is 0.313 e. The van der Waals surface area contributed by atoms with E-state index in [1.165, 1.54) is 32.1 Å². The van der Waals surface area contributed by atoms with Gasteiger partial charge in [-0.1, -0.05) is 46.0 Å². The van der Waals surface area contributed by atoms with Crippen molar-refractivity contribution < 1.29 is 0 Å². The van der Waals surface area contributed by atoms with Gasteiger partial charge in [0.2, 0.25) is 0 Å². The van der Waals surface area contributed by atoms with Gasteiger partial charge < -0.3 is 4.81 Å². The maximum atomic E-state index is 5.26. The van der Waals surface area contributed by atoms with Gasteiger partial charge in [0.1, 0.15) is 0 Å². The topological polar surface area (TPSA) is 3.24 Å². The van der Waals surface area contributed by atoms with E-state index >= 15 is 0 Å². The van der Waals surface area contributed by atoms with Crippen LogP contribution in [0.25, 0.3) is 0 Å². The number of rotatable bonds is 5. The van der Waals surface area contributed by atoms with Crippen LogP contribution < -0.4 is 0 Å². The van der Waals surface area contributed by atoms with Crippen molar-refractivity contribution in [2.24, 2.45) is 0 Å². The largest absolute Gasteiger partial charge is 0.337 e. The molecule has 0 heterocycles. The van der Waals surface area contributed by atoms with Gasteiger partial charge in [0.25, 0.3) is 0 Å². The molecule has 0 bridgehead atoms. The van der Waals surface area contributed by atoms with E-state index < -0.39 is 0 Å². The van der Waals surface area contributed by atoms with Crippen LogP contribution in [0.4, 0.5) is 0 Å². The summed E-state index contributed by atoms with van der Waals surface area (Å²) in [6.07, 6.45) is 7.01. The van der Waals surface area contributed by atoms with Gasteiger partial charge in [0.05, 0.1) is 0 Å². The second-order valence-electron chi connectivity index (χ2n) is 3.26. The number of hydrogen-bond donors (Lipinski definition) is 0. The van der Waals surface area contributed by atoms with Crippen LogP contribution in [0.2, 0.25) is 0 Å². The predicted molar refractivity (Wildman–Crippen MR) is 61.1 cm³/mol. The fourth-order valence-corrected chi connectivity index (χ4v) is 0.677. The summed E-state index contributed by atoms with van der Waals surface area (Å²) < 4.78 is 0. The van der Waals surface area contributed by atoms with Crippen molar-refractivity contribution in [3.63, 3.8) is 0 Å². The summed E-state index contributed by atoms with van der Waals surface area (Å²) in [6.45, 7) is 5.10. The van der Waals surface area contributed by atoms with Gasteiger partial charge in [0.15, 0.2) is 0 Å². The van der Waals surface area contributed by atoms with E-state index in [1.807, 2.05) is 18.9 Å². The lowest BCUT2D eigenvalue weighted by Gasteiger charge is -1.96. The van der Waals surface area contributed by atoms with Crippen molar-refractivity contribution in [3.05, 3.63) is 0 Å². The first-order chi connectivity index (χ1) is 5.68. The summed E-state index contributed by atoms with van der Waals surface area (Å²) in [4.78, 5) is 1.89. The molecule has 0 saturated heterocycles. The zero-order valence-corrected chi connectivity index (χ0v) is 9.82. The third kappa shape index (κ3) is 22.4. The van der Waals surface area contributed by atoms with Crippen molar-refractivity contribution >= 4 is 18.3 Å². The Bertz CT molecular complexity index is 65.5. The van der Waals surface area contributed by atoms with Gasteiger partial charge in [-0.05, 0) is 14.1 Å². The first kappa shape index (κ1) is 14.8. The summed E-state index contributed by atoms with van der Waals surface area (Å²) in [5.74, 6) is 0. The lowest BCUT2D eigenvalue weighted by Crippen LogP contribution is -2.10. The molecule has 0 atom stereocenters. The monoisotopic (exact) mass is 191 g/mol. The minimum Gasteiger partial charge on any atom is -0.337 e. The second kappa shape index (κ2) is 13.9. The van der Waals surface area contributed by atoms with Crippen molar-refractivity contribution in [1.29, 1.82) is 0 Å². The van der Waals surface area contributed by atoms with Crippen LogP contribution in [0.3, 0.4) is 0 Å². The van der Waals surface area contributed by atoms with Gasteiger partial charge in [0, 0.05) is 0 Å². The van der Waals surface area contributed by atoms with Gasteiger partial charge in [-0.25, -0.2) is 0 Å². The minimum absolute atomic E-state index is 0.611. The number of hydrogen-bond acceptors (Lipinski definition) is 1. The lowest BCUT2D eigenvalue weighted by molar-refractivity contribution is 0.656. The van der Waals surface area contributed by atoms with Crippen LogP contribution in [0.1, 0.15) is 46.0 Å². The van der Waals surface area contributed by atoms with E-state index in [0.29, 0.717) is 6.83 Å². The smallest absolute Gasteiger partial charge is 0.313 e. The Morgan fingerprint density at radius 1 is 1.00 bits per heavy atom. The average Bonchev–Trinajstić information content (AvgIpc) is 2.07. The van der Waals surface area contributed by atoms with E-state index in [1.54, 1.807) is 0 Å². The molecule has 0 spiro atoms. The van der Waals surface area contributed by atoms with Gasteiger partial charge >= 0.3 is 6.83 Å². The molecule has 0 aliphatic heterocycles. The predicted octanol–water partition coefficient (Wildman–Crippen LogP) is 3.03. The second-order valence-corrected chi connectivity index (χ2v) is 3.50. The van der Waals surface area contributed by atoms with Crippen LogP contribution in [-0.4, -0.2) is 25.7 Å². The van der Waals surface area contributed by atoms with Crippen molar-refractivity contribution in [2.75, 3.05) is 14.1 Å². The molecule has 3 heteroatoms. The number of halogens is 1. The van der Waals surface area contributed by atoms with Gasteiger partial charge in [-0.2, -0.15) is 11.5 Å². The molecule has 0 rings (SSSR count). The highest BCUT2D eigenvalue weighted by atomic mass is 35.5. The normalized spacial score (nSPS) is 9.17. The number of unbranched alkanes of at least 4 members (excludes halogenated alkanes) is 4. The molecule has 0 radical (unpaired) electrons. The zero-order valence-electron chi connectivity index (χ0n) is 9.07. The Labute approximate surface area is 83.7 Å². The van der Waals surface area contributed by atoms with Gasteiger partial charge in [-0.15, -0.1) is 0 Å². The minimum atomic E-state index is 0.611. The van der Waals surface area contributed by atoms with E-state index in [9.17, 15) is 0 Å². The quantitative estimate of drug-likeness (QED) is 0.477. The fraction of sp³-hybridized carbons (Fsp3) is 1.00. The van der Waals surface area contributed by atoms with Crippen LogP contribution in [-0.2, 0) is 0 Å². The summed E-state index contributed by atoms with van der Waals surface area (Å²) in [6, 6.07) is 0. The first-order valence-electron chi connectivity index (χ1n) is 4.89. The highest BCUT2D eigenvalue weighted by Crippen LogP contribution is 2.00. The Morgan fingerprint density at radius 2 is 1.33 bits per heavy atom. The van der Waals surface area contributed by atoms with E-state index in [0.717, 1.165) is 0 Å². The Morgan fingerprint density at radius 3 is 1.50 bits per heavy atom. The molecule has 0 amide bonds. The van der Waals surface area contributed by atoms with Crippen molar-refractivity contribution in [2.45, 2.75) is 46.0 Å². The zero-order chi connectivity index (χ0) is 9.82. The maximum absolute atomic E-state index is 5.26. The van der Waals surface area contributed by atoms with E-state index in [4.69, 9.17) is 11.5 Å². The number of nitrogens with zero attached hydrogens (tertiary/aromatic N) is 1. The third-order valence-corrected chi connectivity index (χ3v) is 1.92. The van der Waals surface area contributed by atoms with E-state index in [-0.39, 0.29) is 0 Å². The molecule has 0 aliphatic rings. The molecule has 0 aromatic rings. The molecule has 74 valence electrons. The SMILES string of the molecule is CCCCCCC.CN(C)BCl. The standard InChI is InChI=1S/C7H16.C2H7BClN/c1-3-5-7-6-4-2;1-5(2)3-4/h3-7H2,1-2H3;3H,1-2H3. The molecular weight excluding hydrogens is 168 g/mol. The van der Waals surface area contributed by atoms with Crippen LogP contribution in [0.15, 0.2) is 0 Å². The summed E-state index contributed by atoms with van der Waals surface area (Å²) in [5.41, 5.74) is 0. The van der Waals surface area contributed by atoms with Crippen LogP contribution in [0.5, 0.6) is 0 Å². The molecule has 0 aliphatic carbocycles. The molecule has 0 saturated carbocycles. The molecule has 0 fully saturated rings. The first-order valence-corrected chi connectivity index (χ1v) is 5.43. The van der Waals surface area contributed by atoms with Crippen LogP contribution >= 0.6 is 11.5 Å². The van der Waals surface area contributed by atoms with Crippen molar-refractivity contribution in [3.8, 4) is 0 Å². The molecular formula is C9H23BClN. The summed E-state index contributed by atoms with van der Waals surface area (Å²) in [5, 5.41) is 0. The summed E-state index contributed by atoms with van der Waals surface area (Å²) >= 11 is 5.26. The fourth-order valence-electron chi connectivity index (χ4n) is 0.677. The Hall–Kier alpha value is 0.315.